The fraction of sp³-hybridized carbons (Fsp3) is 0.0588. The number of pyridine rings is 3. The number of aromatic nitrogens is 3. The monoisotopic (exact) mass is 291 g/mol. The van der Waals surface area contributed by atoms with Crippen LogP contribution in [0.1, 0.15) is 15.9 Å². The largest absolute Gasteiger partial charge is 0.478 e. The Morgan fingerprint density at radius 1 is 0.909 bits per heavy atom. The minimum atomic E-state index is -1.01. The van der Waals surface area contributed by atoms with Crippen molar-refractivity contribution in [3.8, 4) is 22.8 Å². The SMILES string of the molecule is Cc1ccnc(-c2cc(C(=O)O)cc(-c3ccccn3)n2)c1. The maximum absolute atomic E-state index is 11.4. The summed E-state index contributed by atoms with van der Waals surface area (Å²) in [6.07, 6.45) is 3.33. The van der Waals surface area contributed by atoms with Crippen molar-refractivity contribution < 1.29 is 9.90 Å². The Bertz CT molecular complexity index is 832. The summed E-state index contributed by atoms with van der Waals surface area (Å²) in [7, 11) is 0. The molecule has 1 N–H and O–H groups in total. The standard InChI is InChI=1S/C17H13N3O2/c1-11-5-7-19-14(8-11)16-10-12(17(21)22)9-15(20-16)13-4-2-3-6-18-13/h2-10H,1H3,(H,21,22). The van der Waals surface area contributed by atoms with E-state index in [9.17, 15) is 9.90 Å². The first-order chi connectivity index (χ1) is 10.6. The van der Waals surface area contributed by atoms with Crippen LogP contribution < -0.4 is 0 Å². The maximum atomic E-state index is 11.4. The Labute approximate surface area is 127 Å². The van der Waals surface area contributed by atoms with Gasteiger partial charge in [-0.1, -0.05) is 6.07 Å². The minimum Gasteiger partial charge on any atom is -0.478 e. The molecule has 3 rings (SSSR count). The first-order valence-corrected chi connectivity index (χ1v) is 6.73. The average molecular weight is 291 g/mol. The summed E-state index contributed by atoms with van der Waals surface area (Å²) in [5.41, 5.74) is 3.49. The Balaban J connectivity index is 2.19. The van der Waals surface area contributed by atoms with Gasteiger partial charge in [-0.2, -0.15) is 0 Å². The van der Waals surface area contributed by atoms with E-state index in [-0.39, 0.29) is 5.56 Å². The third-order valence-corrected chi connectivity index (χ3v) is 3.18. The van der Waals surface area contributed by atoms with E-state index >= 15 is 0 Å². The van der Waals surface area contributed by atoms with Crippen LogP contribution in [0.5, 0.6) is 0 Å². The number of hydrogen-bond donors (Lipinski definition) is 1. The summed E-state index contributed by atoms with van der Waals surface area (Å²) in [5, 5.41) is 9.31. The molecular weight excluding hydrogens is 278 g/mol. The second kappa shape index (κ2) is 5.73. The van der Waals surface area contributed by atoms with Crippen LogP contribution in [0.2, 0.25) is 0 Å². The number of hydrogen-bond acceptors (Lipinski definition) is 4. The lowest BCUT2D eigenvalue weighted by Crippen LogP contribution is -2.01. The molecule has 0 saturated heterocycles. The first kappa shape index (κ1) is 13.9. The third-order valence-electron chi connectivity index (χ3n) is 3.18. The molecule has 0 bridgehead atoms. The molecule has 0 fully saturated rings. The molecule has 108 valence electrons. The number of carbonyl (C=O) groups is 1. The molecule has 0 unspecified atom stereocenters. The maximum Gasteiger partial charge on any atom is 0.335 e. The van der Waals surface area contributed by atoms with E-state index in [1.54, 1.807) is 24.5 Å². The van der Waals surface area contributed by atoms with Crippen molar-refractivity contribution in [2.45, 2.75) is 6.92 Å². The van der Waals surface area contributed by atoms with Crippen LogP contribution in [0, 0.1) is 6.92 Å². The van der Waals surface area contributed by atoms with Gasteiger partial charge < -0.3 is 5.11 Å². The Morgan fingerprint density at radius 2 is 1.64 bits per heavy atom. The molecule has 0 aromatic carbocycles. The van der Waals surface area contributed by atoms with E-state index in [4.69, 9.17) is 0 Å². The lowest BCUT2D eigenvalue weighted by atomic mass is 10.1. The second-order valence-electron chi connectivity index (χ2n) is 4.86. The van der Waals surface area contributed by atoms with Crippen LogP contribution in [0.25, 0.3) is 22.8 Å². The van der Waals surface area contributed by atoms with Gasteiger partial charge >= 0.3 is 5.97 Å². The highest BCUT2D eigenvalue weighted by molar-refractivity contribution is 5.90. The van der Waals surface area contributed by atoms with Crippen molar-refractivity contribution in [1.29, 1.82) is 0 Å². The number of carboxylic acids is 1. The zero-order valence-electron chi connectivity index (χ0n) is 11.9. The number of rotatable bonds is 3. The molecular formula is C17H13N3O2. The first-order valence-electron chi connectivity index (χ1n) is 6.73. The van der Waals surface area contributed by atoms with Crippen LogP contribution in [0.4, 0.5) is 0 Å². The Hall–Kier alpha value is -3.08. The van der Waals surface area contributed by atoms with Crippen LogP contribution in [0.3, 0.4) is 0 Å². The van der Waals surface area contributed by atoms with Crippen molar-refractivity contribution in [2.75, 3.05) is 0 Å². The van der Waals surface area contributed by atoms with Crippen LogP contribution in [-0.2, 0) is 0 Å². The number of nitrogens with zero attached hydrogens (tertiary/aromatic N) is 3. The number of carboxylic acid groups (broad SMARTS) is 1. The molecule has 22 heavy (non-hydrogen) atoms. The summed E-state index contributed by atoms with van der Waals surface area (Å²) >= 11 is 0. The average Bonchev–Trinajstić information content (AvgIpc) is 2.55. The molecule has 5 heteroatoms. The molecule has 0 aliphatic rings. The molecule has 0 radical (unpaired) electrons. The van der Waals surface area contributed by atoms with Gasteiger partial charge in [-0.3, -0.25) is 9.97 Å². The van der Waals surface area contributed by atoms with Gasteiger partial charge in [0.05, 0.1) is 28.3 Å². The zero-order chi connectivity index (χ0) is 15.5. The molecule has 3 aromatic heterocycles. The van der Waals surface area contributed by atoms with Gasteiger partial charge in [-0.05, 0) is 48.9 Å². The van der Waals surface area contributed by atoms with Crippen molar-refractivity contribution in [1.82, 2.24) is 15.0 Å². The minimum absolute atomic E-state index is 0.161. The fourth-order valence-corrected chi connectivity index (χ4v) is 2.11. The van der Waals surface area contributed by atoms with Crippen molar-refractivity contribution >= 4 is 5.97 Å². The summed E-state index contributed by atoms with van der Waals surface area (Å²) in [4.78, 5) is 24.4. The molecule has 0 aliphatic carbocycles. The second-order valence-corrected chi connectivity index (χ2v) is 4.86. The predicted molar refractivity (Wildman–Crippen MR) is 82.4 cm³/mol. The topological polar surface area (TPSA) is 76.0 Å². The zero-order valence-corrected chi connectivity index (χ0v) is 11.9. The highest BCUT2D eigenvalue weighted by Gasteiger charge is 2.12. The fourth-order valence-electron chi connectivity index (χ4n) is 2.11. The Morgan fingerprint density at radius 3 is 2.27 bits per heavy atom. The lowest BCUT2D eigenvalue weighted by molar-refractivity contribution is 0.0697. The molecule has 0 atom stereocenters. The normalized spacial score (nSPS) is 10.4. The third kappa shape index (κ3) is 2.83. The highest BCUT2D eigenvalue weighted by atomic mass is 16.4. The van der Waals surface area contributed by atoms with E-state index < -0.39 is 5.97 Å². The van der Waals surface area contributed by atoms with Crippen molar-refractivity contribution in [2.24, 2.45) is 0 Å². The molecule has 5 nitrogen and oxygen atoms in total. The van der Waals surface area contributed by atoms with Gasteiger partial charge in [0.15, 0.2) is 0 Å². The summed E-state index contributed by atoms with van der Waals surface area (Å²) in [5.74, 6) is -1.01. The number of aromatic carboxylic acids is 1. The van der Waals surface area contributed by atoms with E-state index in [0.717, 1.165) is 5.56 Å². The lowest BCUT2D eigenvalue weighted by Gasteiger charge is -2.07. The molecule has 3 aromatic rings. The van der Waals surface area contributed by atoms with Crippen LogP contribution in [0.15, 0.2) is 54.9 Å². The molecule has 0 aliphatic heterocycles. The van der Waals surface area contributed by atoms with Gasteiger partial charge in [-0.25, -0.2) is 9.78 Å². The van der Waals surface area contributed by atoms with Crippen LogP contribution in [-0.4, -0.2) is 26.0 Å². The number of aryl methyl sites for hydroxylation is 1. The summed E-state index contributed by atoms with van der Waals surface area (Å²) < 4.78 is 0. The quantitative estimate of drug-likeness (QED) is 0.801. The molecule has 3 heterocycles. The van der Waals surface area contributed by atoms with Gasteiger partial charge in [0.25, 0.3) is 0 Å². The summed E-state index contributed by atoms with van der Waals surface area (Å²) in [6.45, 7) is 1.95. The van der Waals surface area contributed by atoms with Gasteiger partial charge in [-0.15, -0.1) is 0 Å². The van der Waals surface area contributed by atoms with E-state index in [1.807, 2.05) is 25.1 Å². The predicted octanol–water partition coefficient (Wildman–Crippen LogP) is 3.21. The van der Waals surface area contributed by atoms with E-state index in [0.29, 0.717) is 22.8 Å². The van der Waals surface area contributed by atoms with Crippen molar-refractivity contribution in [3.05, 3.63) is 66.0 Å². The van der Waals surface area contributed by atoms with E-state index in [1.165, 1.54) is 12.1 Å². The van der Waals surface area contributed by atoms with Crippen LogP contribution >= 0.6 is 0 Å². The molecule has 0 saturated carbocycles. The van der Waals surface area contributed by atoms with Gasteiger partial charge in [0.1, 0.15) is 0 Å². The highest BCUT2D eigenvalue weighted by Crippen LogP contribution is 2.23. The molecule has 0 amide bonds. The Kier molecular flexibility index (Phi) is 3.62. The molecule has 0 spiro atoms. The van der Waals surface area contributed by atoms with Crippen molar-refractivity contribution in [3.63, 3.8) is 0 Å². The smallest absolute Gasteiger partial charge is 0.335 e. The summed E-state index contributed by atoms with van der Waals surface area (Å²) in [6, 6.07) is 12.2. The van der Waals surface area contributed by atoms with Gasteiger partial charge in [0, 0.05) is 12.4 Å². The van der Waals surface area contributed by atoms with E-state index in [2.05, 4.69) is 15.0 Å². The van der Waals surface area contributed by atoms with Gasteiger partial charge in [0.2, 0.25) is 0 Å².